The van der Waals surface area contributed by atoms with Gasteiger partial charge in [0.25, 0.3) is 0 Å². The Balaban J connectivity index is 1.61. The molecule has 0 unspecified atom stereocenters. The van der Waals surface area contributed by atoms with E-state index in [-0.39, 0.29) is 18.5 Å². The third-order valence-corrected chi connectivity index (χ3v) is 3.27. The van der Waals surface area contributed by atoms with Crippen molar-refractivity contribution in [3.05, 3.63) is 48.9 Å². The number of amides is 1. The zero-order valence-electron chi connectivity index (χ0n) is 11.8. The molecule has 0 aliphatic carbocycles. The molecule has 0 bridgehead atoms. The van der Waals surface area contributed by atoms with Crippen LogP contribution in [0, 0.1) is 0 Å². The molecule has 21 heavy (non-hydrogen) atoms. The van der Waals surface area contributed by atoms with Crippen LogP contribution in [-0.4, -0.2) is 31.5 Å². The van der Waals surface area contributed by atoms with E-state index in [4.69, 9.17) is 0 Å². The largest absolute Gasteiger partial charge is 0.350 e. The molecule has 1 atom stereocenters. The van der Waals surface area contributed by atoms with Gasteiger partial charge in [-0.2, -0.15) is 10.2 Å². The molecule has 3 aromatic rings. The Hall–Kier alpha value is -2.63. The van der Waals surface area contributed by atoms with Crippen molar-refractivity contribution in [2.45, 2.75) is 26.1 Å². The molecule has 0 saturated carbocycles. The van der Waals surface area contributed by atoms with Crippen LogP contribution in [0.15, 0.2) is 48.9 Å². The summed E-state index contributed by atoms with van der Waals surface area (Å²) in [5.41, 5.74) is 0.965. The van der Waals surface area contributed by atoms with Crippen molar-refractivity contribution in [3.8, 4) is 0 Å². The average molecular weight is 283 g/mol. The summed E-state index contributed by atoms with van der Waals surface area (Å²) < 4.78 is 3.51. The number of hydrogen-bond donors (Lipinski definition) is 1. The van der Waals surface area contributed by atoms with E-state index in [9.17, 15) is 4.79 Å². The van der Waals surface area contributed by atoms with Crippen molar-refractivity contribution in [3.63, 3.8) is 0 Å². The van der Waals surface area contributed by atoms with Crippen LogP contribution in [-0.2, 0) is 17.9 Å². The monoisotopic (exact) mass is 283 g/mol. The normalized spacial score (nSPS) is 12.4. The molecule has 0 aliphatic heterocycles. The first-order valence-corrected chi connectivity index (χ1v) is 6.90. The molecule has 0 saturated heterocycles. The number of para-hydroxylation sites is 1. The first-order chi connectivity index (χ1) is 10.2. The van der Waals surface area contributed by atoms with Crippen molar-refractivity contribution >= 4 is 16.8 Å². The highest BCUT2D eigenvalue weighted by Gasteiger charge is 2.10. The summed E-state index contributed by atoms with van der Waals surface area (Å²) in [4.78, 5) is 12.1. The minimum atomic E-state index is -0.0523. The predicted octanol–water partition coefficient (Wildman–Crippen LogP) is 1.44. The van der Waals surface area contributed by atoms with Gasteiger partial charge in [-0.05, 0) is 19.1 Å². The van der Waals surface area contributed by atoms with Crippen molar-refractivity contribution in [1.29, 1.82) is 0 Å². The van der Waals surface area contributed by atoms with E-state index in [0.29, 0.717) is 6.54 Å². The van der Waals surface area contributed by atoms with Crippen molar-refractivity contribution in [2.24, 2.45) is 0 Å². The van der Waals surface area contributed by atoms with Gasteiger partial charge in [0.2, 0.25) is 5.91 Å². The van der Waals surface area contributed by atoms with Crippen LogP contribution in [0.4, 0.5) is 0 Å². The lowest BCUT2D eigenvalue weighted by Gasteiger charge is -2.14. The number of rotatable bonds is 5. The Labute approximate surface area is 122 Å². The number of fused-ring (bicyclic) bond motifs is 1. The maximum Gasteiger partial charge on any atom is 0.242 e. The van der Waals surface area contributed by atoms with Crippen LogP contribution in [0.25, 0.3) is 10.9 Å². The fourth-order valence-electron chi connectivity index (χ4n) is 2.34. The third-order valence-electron chi connectivity index (χ3n) is 3.27. The summed E-state index contributed by atoms with van der Waals surface area (Å²) in [5, 5.41) is 12.4. The van der Waals surface area contributed by atoms with Gasteiger partial charge < -0.3 is 5.32 Å². The molecule has 1 N–H and O–H groups in total. The summed E-state index contributed by atoms with van der Waals surface area (Å²) >= 11 is 0. The Morgan fingerprint density at radius 2 is 2.14 bits per heavy atom. The standard InChI is InChI=1S/C15H17N5O/c1-12(10-19-8-4-7-16-19)18-15(21)11-20-14-6-3-2-5-13(14)9-17-20/h2-9,12H,10-11H2,1H3,(H,18,21)/t12-/m1/s1. The molecule has 108 valence electrons. The van der Waals surface area contributed by atoms with Crippen LogP contribution in [0.5, 0.6) is 0 Å². The Morgan fingerprint density at radius 1 is 1.29 bits per heavy atom. The van der Waals surface area contributed by atoms with Gasteiger partial charge in [0.1, 0.15) is 6.54 Å². The van der Waals surface area contributed by atoms with E-state index in [1.54, 1.807) is 21.8 Å². The van der Waals surface area contributed by atoms with Gasteiger partial charge in [0.15, 0.2) is 0 Å². The molecular formula is C15H17N5O. The second kappa shape index (κ2) is 5.78. The fraction of sp³-hybridized carbons (Fsp3) is 0.267. The van der Waals surface area contributed by atoms with Crippen LogP contribution in [0.1, 0.15) is 6.92 Å². The summed E-state index contributed by atoms with van der Waals surface area (Å²) in [6.07, 6.45) is 5.38. The first kappa shape index (κ1) is 13.4. The molecule has 0 aliphatic rings. The van der Waals surface area contributed by atoms with Crippen LogP contribution >= 0.6 is 0 Å². The van der Waals surface area contributed by atoms with E-state index < -0.39 is 0 Å². The van der Waals surface area contributed by atoms with Gasteiger partial charge in [-0.3, -0.25) is 14.2 Å². The molecule has 2 aromatic heterocycles. The average Bonchev–Trinajstić information content (AvgIpc) is 3.09. The van der Waals surface area contributed by atoms with Crippen LogP contribution < -0.4 is 5.32 Å². The van der Waals surface area contributed by atoms with Gasteiger partial charge in [-0.1, -0.05) is 18.2 Å². The zero-order valence-corrected chi connectivity index (χ0v) is 11.8. The molecule has 6 nitrogen and oxygen atoms in total. The van der Waals surface area contributed by atoms with Crippen molar-refractivity contribution in [2.75, 3.05) is 0 Å². The minimum Gasteiger partial charge on any atom is -0.350 e. The maximum atomic E-state index is 12.1. The maximum absolute atomic E-state index is 12.1. The first-order valence-electron chi connectivity index (χ1n) is 6.90. The third kappa shape index (κ3) is 3.10. The lowest BCUT2D eigenvalue weighted by atomic mass is 10.2. The quantitative estimate of drug-likeness (QED) is 0.770. The van der Waals surface area contributed by atoms with E-state index in [1.807, 2.05) is 43.5 Å². The smallest absolute Gasteiger partial charge is 0.242 e. The van der Waals surface area contributed by atoms with Crippen LogP contribution in [0.2, 0.25) is 0 Å². The molecule has 3 rings (SSSR count). The summed E-state index contributed by atoms with van der Waals surface area (Å²) in [7, 11) is 0. The fourth-order valence-corrected chi connectivity index (χ4v) is 2.34. The molecule has 1 aromatic carbocycles. The van der Waals surface area contributed by atoms with Crippen molar-refractivity contribution < 1.29 is 4.79 Å². The molecule has 1 amide bonds. The Bertz CT molecular complexity index is 731. The minimum absolute atomic E-state index is 0.0132. The number of carbonyl (C=O) groups excluding carboxylic acids is 1. The number of hydrogen-bond acceptors (Lipinski definition) is 3. The summed E-state index contributed by atoms with van der Waals surface area (Å²) in [6, 6.07) is 9.73. The number of carbonyl (C=O) groups is 1. The Morgan fingerprint density at radius 3 is 2.95 bits per heavy atom. The highest BCUT2D eigenvalue weighted by atomic mass is 16.2. The van der Waals surface area contributed by atoms with E-state index in [1.165, 1.54) is 0 Å². The number of nitrogens with one attached hydrogen (secondary N) is 1. The molecule has 0 radical (unpaired) electrons. The molecule has 2 heterocycles. The predicted molar refractivity (Wildman–Crippen MR) is 79.6 cm³/mol. The molecule has 0 spiro atoms. The van der Waals surface area contributed by atoms with Crippen LogP contribution in [0.3, 0.4) is 0 Å². The van der Waals surface area contributed by atoms with E-state index in [2.05, 4.69) is 15.5 Å². The molecule has 6 heteroatoms. The van der Waals surface area contributed by atoms with E-state index in [0.717, 1.165) is 10.9 Å². The van der Waals surface area contributed by atoms with Gasteiger partial charge in [-0.15, -0.1) is 0 Å². The molecular weight excluding hydrogens is 266 g/mol. The van der Waals surface area contributed by atoms with Gasteiger partial charge in [0.05, 0.1) is 18.3 Å². The van der Waals surface area contributed by atoms with Gasteiger partial charge >= 0.3 is 0 Å². The molecule has 0 fully saturated rings. The lowest BCUT2D eigenvalue weighted by molar-refractivity contribution is -0.122. The lowest BCUT2D eigenvalue weighted by Crippen LogP contribution is -2.38. The summed E-state index contributed by atoms with van der Waals surface area (Å²) in [5.74, 6) is -0.0523. The van der Waals surface area contributed by atoms with Crippen molar-refractivity contribution in [1.82, 2.24) is 24.9 Å². The van der Waals surface area contributed by atoms with Gasteiger partial charge in [0, 0.05) is 23.8 Å². The second-order valence-corrected chi connectivity index (χ2v) is 5.06. The second-order valence-electron chi connectivity index (χ2n) is 5.06. The topological polar surface area (TPSA) is 64.7 Å². The Kier molecular flexibility index (Phi) is 3.68. The van der Waals surface area contributed by atoms with E-state index >= 15 is 0 Å². The SMILES string of the molecule is C[C@H](Cn1cccn1)NC(=O)Cn1ncc2ccccc21. The number of benzene rings is 1. The number of nitrogens with zero attached hydrogens (tertiary/aromatic N) is 4. The highest BCUT2D eigenvalue weighted by Crippen LogP contribution is 2.12. The number of aromatic nitrogens is 4. The highest BCUT2D eigenvalue weighted by molar-refractivity contribution is 5.82. The van der Waals surface area contributed by atoms with Gasteiger partial charge in [-0.25, -0.2) is 0 Å². The zero-order chi connectivity index (χ0) is 14.7. The summed E-state index contributed by atoms with van der Waals surface area (Å²) in [6.45, 7) is 2.83.